The van der Waals surface area contributed by atoms with Crippen molar-refractivity contribution in [3.05, 3.63) is 16.4 Å². The molecule has 0 saturated carbocycles. The molecule has 6 nitrogen and oxygen atoms in total. The Hall–Kier alpha value is -1.56. The van der Waals surface area contributed by atoms with Gasteiger partial charge in [0.15, 0.2) is 0 Å². The van der Waals surface area contributed by atoms with E-state index in [-0.39, 0.29) is 18.4 Å². The van der Waals surface area contributed by atoms with Crippen LogP contribution < -0.4 is 5.32 Å². The number of aromatic nitrogens is 2. The molecule has 1 atom stereocenters. The van der Waals surface area contributed by atoms with Gasteiger partial charge in [0.05, 0.1) is 23.0 Å². The minimum Gasteiger partial charge on any atom is -0.343 e. The molecule has 1 unspecified atom stereocenters. The van der Waals surface area contributed by atoms with E-state index in [1.807, 2.05) is 13.8 Å². The summed E-state index contributed by atoms with van der Waals surface area (Å²) >= 11 is 6.28. The van der Waals surface area contributed by atoms with Gasteiger partial charge < -0.3 is 10.2 Å². The Labute approximate surface area is 123 Å². The molecule has 1 aliphatic heterocycles. The van der Waals surface area contributed by atoms with E-state index < -0.39 is 6.04 Å². The van der Waals surface area contributed by atoms with Crippen molar-refractivity contribution < 1.29 is 9.59 Å². The fraction of sp³-hybridized carbons (Fsp3) is 0.615. The lowest BCUT2D eigenvalue weighted by Gasteiger charge is -2.32. The number of hydrogen-bond donors (Lipinski definition) is 1. The molecule has 2 amide bonds. The lowest BCUT2D eigenvalue weighted by molar-refractivity contribution is -0.145. The maximum absolute atomic E-state index is 12.2. The predicted molar refractivity (Wildman–Crippen MR) is 75.2 cm³/mol. The first-order chi connectivity index (χ1) is 9.47. The molecule has 1 aromatic heterocycles. The molecule has 2 heterocycles. The standard InChI is InChI=1S/C13H19ClN4O2/c1-4-8-12(14)10(17(3)16-8)6-18-7-11(19)15-9(5-2)13(18)20/h9H,4-7H2,1-3H3,(H,15,19). The van der Waals surface area contributed by atoms with Crippen LogP contribution in [0.3, 0.4) is 0 Å². The Morgan fingerprint density at radius 1 is 1.40 bits per heavy atom. The summed E-state index contributed by atoms with van der Waals surface area (Å²) in [4.78, 5) is 25.4. The van der Waals surface area contributed by atoms with Crippen LogP contribution in [0.25, 0.3) is 0 Å². The van der Waals surface area contributed by atoms with E-state index in [0.717, 1.165) is 17.8 Å². The highest BCUT2D eigenvalue weighted by Gasteiger charge is 2.32. The number of hydrogen-bond acceptors (Lipinski definition) is 3. The number of carbonyl (C=O) groups excluding carboxylic acids is 2. The summed E-state index contributed by atoms with van der Waals surface area (Å²) in [6.45, 7) is 4.23. The molecule has 2 rings (SSSR count). The number of carbonyl (C=O) groups is 2. The Morgan fingerprint density at radius 3 is 2.65 bits per heavy atom. The van der Waals surface area contributed by atoms with Crippen molar-refractivity contribution in [2.24, 2.45) is 7.05 Å². The van der Waals surface area contributed by atoms with Crippen LogP contribution in [0.2, 0.25) is 5.02 Å². The van der Waals surface area contributed by atoms with E-state index in [2.05, 4.69) is 10.4 Å². The molecule has 1 saturated heterocycles. The minimum atomic E-state index is -0.436. The van der Waals surface area contributed by atoms with Gasteiger partial charge in [-0.3, -0.25) is 14.3 Å². The summed E-state index contributed by atoms with van der Waals surface area (Å²) in [6.07, 6.45) is 1.32. The number of nitrogens with zero attached hydrogens (tertiary/aromatic N) is 3. The molecular weight excluding hydrogens is 280 g/mol. The molecule has 7 heteroatoms. The Bertz CT molecular complexity index is 541. The smallest absolute Gasteiger partial charge is 0.245 e. The maximum atomic E-state index is 12.2. The number of halogens is 1. The quantitative estimate of drug-likeness (QED) is 0.897. The second-order valence-electron chi connectivity index (χ2n) is 4.91. The second-order valence-corrected chi connectivity index (χ2v) is 5.29. The van der Waals surface area contributed by atoms with Crippen molar-refractivity contribution in [1.29, 1.82) is 0 Å². The van der Waals surface area contributed by atoms with E-state index in [1.165, 1.54) is 4.90 Å². The van der Waals surface area contributed by atoms with E-state index in [1.54, 1.807) is 11.7 Å². The normalized spacial score (nSPS) is 19.4. The molecule has 20 heavy (non-hydrogen) atoms. The maximum Gasteiger partial charge on any atom is 0.245 e. The lowest BCUT2D eigenvalue weighted by Crippen LogP contribution is -2.57. The topological polar surface area (TPSA) is 67.2 Å². The van der Waals surface area contributed by atoms with Crippen molar-refractivity contribution in [1.82, 2.24) is 20.0 Å². The number of nitrogens with one attached hydrogen (secondary N) is 1. The second kappa shape index (κ2) is 5.83. The van der Waals surface area contributed by atoms with Crippen LogP contribution in [0.15, 0.2) is 0 Å². The minimum absolute atomic E-state index is 0.0672. The number of piperazine rings is 1. The highest BCUT2D eigenvalue weighted by Crippen LogP contribution is 2.23. The number of rotatable bonds is 4. The molecule has 1 aliphatic rings. The average Bonchev–Trinajstić information content (AvgIpc) is 2.69. The zero-order chi connectivity index (χ0) is 14.9. The zero-order valence-corrected chi connectivity index (χ0v) is 12.7. The molecule has 0 aromatic carbocycles. The molecule has 1 N–H and O–H groups in total. The molecule has 0 radical (unpaired) electrons. The Balaban J connectivity index is 2.22. The van der Waals surface area contributed by atoms with E-state index in [4.69, 9.17) is 11.6 Å². The summed E-state index contributed by atoms with van der Waals surface area (Å²) in [5.41, 5.74) is 1.58. The highest BCUT2D eigenvalue weighted by molar-refractivity contribution is 6.31. The molecule has 0 aliphatic carbocycles. The van der Waals surface area contributed by atoms with Crippen molar-refractivity contribution in [3.63, 3.8) is 0 Å². The van der Waals surface area contributed by atoms with Crippen LogP contribution in [-0.4, -0.2) is 39.1 Å². The van der Waals surface area contributed by atoms with Gasteiger partial charge in [-0.05, 0) is 12.8 Å². The van der Waals surface area contributed by atoms with Gasteiger partial charge in [0.25, 0.3) is 0 Å². The van der Waals surface area contributed by atoms with Gasteiger partial charge in [-0.1, -0.05) is 25.4 Å². The van der Waals surface area contributed by atoms with Gasteiger partial charge in [0.2, 0.25) is 11.8 Å². The van der Waals surface area contributed by atoms with Crippen LogP contribution in [0.5, 0.6) is 0 Å². The third kappa shape index (κ3) is 2.65. The average molecular weight is 299 g/mol. The monoisotopic (exact) mass is 298 g/mol. The van der Waals surface area contributed by atoms with Crippen LogP contribution in [0.4, 0.5) is 0 Å². The van der Waals surface area contributed by atoms with E-state index in [0.29, 0.717) is 18.0 Å². The van der Waals surface area contributed by atoms with Crippen LogP contribution in [0, 0.1) is 0 Å². The van der Waals surface area contributed by atoms with Gasteiger partial charge in [-0.25, -0.2) is 0 Å². The Kier molecular flexibility index (Phi) is 4.32. The van der Waals surface area contributed by atoms with Gasteiger partial charge >= 0.3 is 0 Å². The van der Waals surface area contributed by atoms with Crippen molar-refractivity contribution >= 4 is 23.4 Å². The van der Waals surface area contributed by atoms with Crippen LogP contribution >= 0.6 is 11.6 Å². The highest BCUT2D eigenvalue weighted by atomic mass is 35.5. The summed E-state index contributed by atoms with van der Waals surface area (Å²) in [7, 11) is 1.80. The first-order valence-corrected chi connectivity index (χ1v) is 7.14. The summed E-state index contributed by atoms with van der Waals surface area (Å²) in [5.74, 6) is -0.201. The Morgan fingerprint density at radius 2 is 2.10 bits per heavy atom. The van der Waals surface area contributed by atoms with Gasteiger partial charge in [-0.2, -0.15) is 5.10 Å². The van der Waals surface area contributed by atoms with Crippen molar-refractivity contribution in [2.75, 3.05) is 6.54 Å². The molecule has 1 fully saturated rings. The van der Waals surface area contributed by atoms with Crippen molar-refractivity contribution in [2.45, 2.75) is 39.3 Å². The molecular formula is C13H19ClN4O2. The lowest BCUT2D eigenvalue weighted by atomic mass is 10.1. The summed E-state index contributed by atoms with van der Waals surface area (Å²) in [5, 5.41) is 7.60. The van der Waals surface area contributed by atoms with E-state index in [9.17, 15) is 9.59 Å². The fourth-order valence-corrected chi connectivity index (χ4v) is 2.71. The van der Waals surface area contributed by atoms with Crippen LogP contribution in [-0.2, 0) is 29.6 Å². The predicted octanol–water partition coefficient (Wildman–Crippen LogP) is 0.873. The number of amides is 2. The van der Waals surface area contributed by atoms with E-state index >= 15 is 0 Å². The molecule has 1 aromatic rings. The summed E-state index contributed by atoms with van der Waals surface area (Å²) < 4.78 is 1.68. The molecule has 0 bridgehead atoms. The third-order valence-electron chi connectivity index (χ3n) is 3.53. The van der Waals surface area contributed by atoms with Gasteiger partial charge in [0.1, 0.15) is 12.6 Å². The third-order valence-corrected chi connectivity index (χ3v) is 3.97. The molecule has 110 valence electrons. The summed E-state index contributed by atoms with van der Waals surface area (Å²) in [6, 6.07) is -0.436. The zero-order valence-electron chi connectivity index (χ0n) is 11.9. The molecule has 0 spiro atoms. The van der Waals surface area contributed by atoms with Crippen molar-refractivity contribution in [3.8, 4) is 0 Å². The van der Waals surface area contributed by atoms with Gasteiger partial charge in [0, 0.05) is 7.05 Å². The first kappa shape index (κ1) is 14.8. The fourth-order valence-electron chi connectivity index (χ4n) is 2.36. The first-order valence-electron chi connectivity index (χ1n) is 6.76. The number of aryl methyl sites for hydroxylation is 2. The van der Waals surface area contributed by atoms with Gasteiger partial charge in [-0.15, -0.1) is 0 Å². The SMILES string of the molecule is CCc1nn(C)c(CN2CC(=O)NC(CC)C2=O)c1Cl. The largest absolute Gasteiger partial charge is 0.343 e. The van der Waals surface area contributed by atoms with Crippen LogP contribution in [0.1, 0.15) is 31.7 Å².